The molecule has 0 aromatic carbocycles. The van der Waals surface area contributed by atoms with Crippen molar-refractivity contribution in [2.24, 2.45) is 0 Å². The smallest absolute Gasteiger partial charge is 0.356 e. The van der Waals surface area contributed by atoms with Gasteiger partial charge in [-0.3, -0.25) is 9.48 Å². The van der Waals surface area contributed by atoms with Crippen LogP contribution in [0.25, 0.3) is 0 Å². The number of hydrogen-bond acceptors (Lipinski definition) is 3. The van der Waals surface area contributed by atoms with Gasteiger partial charge in [-0.05, 0) is 12.5 Å². The molecule has 19 heavy (non-hydrogen) atoms. The monoisotopic (exact) mass is 267 g/mol. The molecule has 0 bridgehead atoms. The molecule has 106 valence electrons. The van der Waals surface area contributed by atoms with Crippen molar-refractivity contribution in [2.45, 2.75) is 45.6 Å². The van der Waals surface area contributed by atoms with E-state index in [1.54, 1.807) is 6.20 Å². The van der Waals surface area contributed by atoms with Gasteiger partial charge in [0.05, 0.1) is 0 Å². The zero-order valence-electron chi connectivity index (χ0n) is 11.3. The fraction of sp³-hybridized carbons (Fsp3) is 0.615. The minimum absolute atomic E-state index is 0.0000243. The van der Waals surface area contributed by atoms with Crippen LogP contribution in [0, 0.1) is 0 Å². The normalized spacial score (nSPS) is 10.4. The predicted molar refractivity (Wildman–Crippen MR) is 71.0 cm³/mol. The number of carbonyl (C=O) groups excluding carboxylic acids is 1. The Morgan fingerprint density at radius 3 is 2.79 bits per heavy atom. The van der Waals surface area contributed by atoms with E-state index in [0.29, 0.717) is 19.5 Å². The highest BCUT2D eigenvalue weighted by molar-refractivity contribution is 5.85. The first-order chi connectivity index (χ1) is 9.13. The summed E-state index contributed by atoms with van der Waals surface area (Å²) in [5, 5.41) is 15.4. The number of amides is 1. The highest BCUT2D eigenvalue weighted by atomic mass is 16.4. The first-order valence-electron chi connectivity index (χ1n) is 6.67. The molecule has 0 saturated carbocycles. The molecule has 6 heteroatoms. The lowest BCUT2D eigenvalue weighted by atomic mass is 10.2. The summed E-state index contributed by atoms with van der Waals surface area (Å²) in [6.07, 6.45) is 6.40. The van der Waals surface area contributed by atoms with Gasteiger partial charge in [-0.2, -0.15) is 5.10 Å². The molecule has 1 amide bonds. The highest BCUT2D eigenvalue weighted by Gasteiger charge is 2.07. The number of unbranched alkanes of at least 4 members (excludes halogenated alkanes) is 3. The number of carbonyl (C=O) groups is 2. The lowest BCUT2D eigenvalue weighted by Gasteiger charge is -2.05. The Labute approximate surface area is 112 Å². The molecule has 0 spiro atoms. The van der Waals surface area contributed by atoms with Crippen LogP contribution in [0.1, 0.15) is 49.5 Å². The van der Waals surface area contributed by atoms with Gasteiger partial charge < -0.3 is 10.4 Å². The molecular weight excluding hydrogens is 246 g/mol. The van der Waals surface area contributed by atoms with Gasteiger partial charge in [0.15, 0.2) is 5.69 Å². The van der Waals surface area contributed by atoms with Gasteiger partial charge in [0.2, 0.25) is 5.91 Å². The van der Waals surface area contributed by atoms with Crippen LogP contribution in [0.5, 0.6) is 0 Å². The zero-order valence-corrected chi connectivity index (χ0v) is 11.3. The summed E-state index contributed by atoms with van der Waals surface area (Å²) >= 11 is 0. The van der Waals surface area contributed by atoms with Gasteiger partial charge in [-0.15, -0.1) is 0 Å². The van der Waals surface area contributed by atoms with Crippen LogP contribution in [0.2, 0.25) is 0 Å². The van der Waals surface area contributed by atoms with E-state index in [9.17, 15) is 9.59 Å². The highest BCUT2D eigenvalue weighted by Crippen LogP contribution is 1.98. The van der Waals surface area contributed by atoms with Crippen LogP contribution >= 0.6 is 0 Å². The maximum atomic E-state index is 11.5. The van der Waals surface area contributed by atoms with E-state index in [4.69, 9.17) is 5.11 Å². The first kappa shape index (κ1) is 15.2. The van der Waals surface area contributed by atoms with Crippen LogP contribution in [0.15, 0.2) is 12.3 Å². The van der Waals surface area contributed by atoms with Gasteiger partial charge in [-0.1, -0.05) is 26.2 Å². The van der Waals surface area contributed by atoms with E-state index in [1.807, 2.05) is 0 Å². The van der Waals surface area contributed by atoms with Crippen molar-refractivity contribution in [3.05, 3.63) is 18.0 Å². The second-order valence-corrected chi connectivity index (χ2v) is 4.43. The molecule has 6 nitrogen and oxygen atoms in total. The van der Waals surface area contributed by atoms with Gasteiger partial charge in [0.1, 0.15) is 0 Å². The summed E-state index contributed by atoms with van der Waals surface area (Å²) in [5.41, 5.74) is -0.0000243. The molecule has 1 rings (SSSR count). The average Bonchev–Trinajstić information content (AvgIpc) is 2.85. The number of aromatic carboxylic acids is 1. The molecule has 0 atom stereocenters. The second kappa shape index (κ2) is 8.29. The fourth-order valence-corrected chi connectivity index (χ4v) is 1.68. The summed E-state index contributed by atoms with van der Waals surface area (Å²) < 4.78 is 1.47. The summed E-state index contributed by atoms with van der Waals surface area (Å²) in [6, 6.07) is 1.42. The second-order valence-electron chi connectivity index (χ2n) is 4.43. The Morgan fingerprint density at radius 1 is 1.37 bits per heavy atom. The van der Waals surface area contributed by atoms with Gasteiger partial charge >= 0.3 is 5.97 Å². The third-order valence-corrected chi connectivity index (χ3v) is 2.78. The summed E-state index contributed by atoms with van der Waals surface area (Å²) in [7, 11) is 0. The molecule has 0 aliphatic heterocycles. The summed E-state index contributed by atoms with van der Waals surface area (Å²) in [6.45, 7) is 3.25. The van der Waals surface area contributed by atoms with Gasteiger partial charge in [-0.25, -0.2) is 4.79 Å². The number of aromatic nitrogens is 2. The molecule has 1 aromatic rings. The van der Waals surface area contributed by atoms with Crippen molar-refractivity contribution in [3.8, 4) is 0 Å². The molecule has 0 saturated heterocycles. The zero-order chi connectivity index (χ0) is 14.1. The maximum absolute atomic E-state index is 11.5. The topological polar surface area (TPSA) is 84.2 Å². The Morgan fingerprint density at radius 2 is 2.16 bits per heavy atom. The van der Waals surface area contributed by atoms with E-state index in [-0.39, 0.29) is 11.6 Å². The largest absolute Gasteiger partial charge is 0.476 e. The quantitative estimate of drug-likeness (QED) is 0.666. The van der Waals surface area contributed by atoms with E-state index in [0.717, 1.165) is 12.8 Å². The summed E-state index contributed by atoms with van der Waals surface area (Å²) in [5.74, 6) is -1.08. The van der Waals surface area contributed by atoms with Crippen molar-refractivity contribution in [2.75, 3.05) is 6.54 Å². The molecule has 2 N–H and O–H groups in total. The van der Waals surface area contributed by atoms with Crippen LogP contribution in [-0.4, -0.2) is 33.3 Å². The SMILES string of the molecule is CCCCCCNC(=O)CCn1ccc(C(=O)O)n1. The first-order valence-corrected chi connectivity index (χ1v) is 6.67. The molecule has 1 heterocycles. The number of hydrogen-bond donors (Lipinski definition) is 2. The van der Waals surface area contributed by atoms with Crippen LogP contribution in [-0.2, 0) is 11.3 Å². The molecule has 0 radical (unpaired) electrons. The number of nitrogens with zero attached hydrogens (tertiary/aromatic N) is 2. The number of carboxylic acids is 1. The van der Waals surface area contributed by atoms with Gasteiger partial charge in [0, 0.05) is 25.7 Å². The predicted octanol–water partition coefficient (Wildman–Crippen LogP) is 1.67. The summed E-state index contributed by atoms with van der Waals surface area (Å²) in [4.78, 5) is 22.1. The standard InChI is InChI=1S/C13H21N3O3/c1-2-3-4-5-8-14-12(17)7-10-16-9-6-11(15-16)13(18)19/h6,9H,2-5,7-8,10H2,1H3,(H,14,17)(H,18,19). The third kappa shape index (κ3) is 6.03. The molecular formula is C13H21N3O3. The van der Waals surface area contributed by atoms with Gasteiger partial charge in [0.25, 0.3) is 0 Å². The van der Waals surface area contributed by atoms with Crippen LogP contribution < -0.4 is 5.32 Å². The molecule has 0 aliphatic rings. The van der Waals surface area contributed by atoms with E-state index in [1.165, 1.54) is 23.6 Å². The van der Waals surface area contributed by atoms with Crippen molar-refractivity contribution in [1.29, 1.82) is 0 Å². The number of aryl methyl sites for hydroxylation is 1. The Bertz CT molecular complexity index is 415. The number of rotatable bonds is 9. The van der Waals surface area contributed by atoms with Crippen LogP contribution in [0.4, 0.5) is 0 Å². The van der Waals surface area contributed by atoms with Crippen LogP contribution in [0.3, 0.4) is 0 Å². The lowest BCUT2D eigenvalue weighted by Crippen LogP contribution is -2.25. The maximum Gasteiger partial charge on any atom is 0.356 e. The molecule has 0 fully saturated rings. The van der Waals surface area contributed by atoms with E-state index < -0.39 is 5.97 Å². The van der Waals surface area contributed by atoms with Crippen molar-refractivity contribution < 1.29 is 14.7 Å². The number of nitrogens with one attached hydrogen (secondary N) is 1. The third-order valence-electron chi connectivity index (χ3n) is 2.78. The number of carboxylic acid groups (broad SMARTS) is 1. The minimum atomic E-state index is -1.06. The van der Waals surface area contributed by atoms with Crippen molar-refractivity contribution in [1.82, 2.24) is 15.1 Å². The molecule has 1 aromatic heterocycles. The molecule has 0 unspecified atom stereocenters. The minimum Gasteiger partial charge on any atom is -0.476 e. The Hall–Kier alpha value is -1.85. The van der Waals surface area contributed by atoms with Crippen molar-refractivity contribution >= 4 is 11.9 Å². The van der Waals surface area contributed by atoms with Crippen molar-refractivity contribution in [3.63, 3.8) is 0 Å². The average molecular weight is 267 g/mol. The fourth-order valence-electron chi connectivity index (χ4n) is 1.68. The Balaban J connectivity index is 2.17. The van der Waals surface area contributed by atoms with E-state index >= 15 is 0 Å². The Kier molecular flexibility index (Phi) is 6.63. The molecule has 0 aliphatic carbocycles. The van der Waals surface area contributed by atoms with E-state index in [2.05, 4.69) is 17.3 Å². The lowest BCUT2D eigenvalue weighted by molar-refractivity contribution is -0.121.